The van der Waals surface area contributed by atoms with Crippen LogP contribution in [0.5, 0.6) is 0 Å². The monoisotopic (exact) mass is 274 g/mol. The van der Waals surface area contributed by atoms with Gasteiger partial charge < -0.3 is 5.11 Å². The van der Waals surface area contributed by atoms with Crippen LogP contribution in [0, 0.1) is 12.7 Å². The van der Waals surface area contributed by atoms with E-state index in [1.807, 2.05) is 0 Å². The maximum atomic E-state index is 13.6. The van der Waals surface area contributed by atoms with E-state index >= 15 is 0 Å². The van der Waals surface area contributed by atoms with E-state index in [2.05, 4.69) is 0 Å². The van der Waals surface area contributed by atoms with Crippen LogP contribution >= 0.6 is 0 Å². The Balaban J connectivity index is 2.58. The van der Waals surface area contributed by atoms with Crippen LogP contribution < -0.4 is 0 Å². The zero-order valence-corrected chi connectivity index (χ0v) is 11.5. The Morgan fingerprint density at radius 2 is 2.06 bits per heavy atom. The average Bonchev–Trinajstić information content (AvgIpc) is 2.28. The summed E-state index contributed by atoms with van der Waals surface area (Å²) >= 11 is 0. The van der Waals surface area contributed by atoms with Crippen LogP contribution in [0.3, 0.4) is 0 Å². The quantitative estimate of drug-likeness (QED) is 0.866. The van der Waals surface area contributed by atoms with Crippen LogP contribution in [0.25, 0.3) is 0 Å². The molecule has 1 aromatic rings. The van der Waals surface area contributed by atoms with E-state index in [1.54, 1.807) is 26.0 Å². The summed E-state index contributed by atoms with van der Waals surface area (Å²) in [5.74, 6) is -0.309. The molecular weight excluding hydrogens is 255 g/mol. The maximum Gasteiger partial charge on any atom is 0.150 e. The van der Waals surface area contributed by atoms with Crippen LogP contribution in [0.1, 0.15) is 37.0 Å². The first-order chi connectivity index (χ1) is 8.35. The highest BCUT2D eigenvalue weighted by molar-refractivity contribution is 7.91. The molecule has 0 bridgehead atoms. The van der Waals surface area contributed by atoms with Crippen molar-refractivity contribution in [2.45, 2.75) is 32.8 Å². The second kappa shape index (κ2) is 6.29. The molecule has 0 aliphatic rings. The summed E-state index contributed by atoms with van der Waals surface area (Å²) in [6.45, 7) is 3.36. The van der Waals surface area contributed by atoms with E-state index in [-0.39, 0.29) is 23.5 Å². The van der Waals surface area contributed by atoms with Gasteiger partial charge in [-0.3, -0.25) is 0 Å². The summed E-state index contributed by atoms with van der Waals surface area (Å²) in [4.78, 5) is 0. The first-order valence-electron chi connectivity index (χ1n) is 6.00. The Labute approximate surface area is 108 Å². The molecular formula is C13H19FO3S. The molecule has 102 valence electrons. The van der Waals surface area contributed by atoms with Gasteiger partial charge in [0.15, 0.2) is 0 Å². The molecule has 18 heavy (non-hydrogen) atoms. The van der Waals surface area contributed by atoms with Crippen LogP contribution in [0.15, 0.2) is 18.2 Å². The minimum atomic E-state index is -3.02. The first kappa shape index (κ1) is 15.1. The average molecular weight is 274 g/mol. The third kappa shape index (κ3) is 4.38. The number of benzene rings is 1. The zero-order valence-electron chi connectivity index (χ0n) is 10.7. The van der Waals surface area contributed by atoms with E-state index < -0.39 is 21.8 Å². The number of aryl methyl sites for hydroxylation is 1. The second-order valence-electron chi connectivity index (χ2n) is 4.42. The molecule has 0 aromatic heterocycles. The molecule has 0 aliphatic heterocycles. The highest BCUT2D eigenvalue weighted by Gasteiger charge is 2.14. The van der Waals surface area contributed by atoms with Crippen molar-refractivity contribution in [2.24, 2.45) is 0 Å². The lowest BCUT2D eigenvalue weighted by molar-refractivity contribution is 0.162. The van der Waals surface area contributed by atoms with Crippen molar-refractivity contribution < 1.29 is 17.9 Å². The van der Waals surface area contributed by atoms with Gasteiger partial charge in [-0.1, -0.05) is 19.1 Å². The molecule has 0 radical (unpaired) electrons. The van der Waals surface area contributed by atoms with Crippen molar-refractivity contribution in [3.8, 4) is 0 Å². The number of hydrogen-bond donors (Lipinski definition) is 1. The van der Waals surface area contributed by atoms with Gasteiger partial charge in [0, 0.05) is 11.3 Å². The molecule has 1 unspecified atom stereocenters. The third-order valence-corrected chi connectivity index (χ3v) is 4.68. The number of aliphatic hydroxyl groups is 1. The van der Waals surface area contributed by atoms with Gasteiger partial charge in [0.25, 0.3) is 0 Å². The van der Waals surface area contributed by atoms with Crippen LogP contribution in [0.4, 0.5) is 4.39 Å². The number of aliphatic hydroxyl groups excluding tert-OH is 1. The fraction of sp³-hybridized carbons (Fsp3) is 0.538. The van der Waals surface area contributed by atoms with Crippen molar-refractivity contribution in [1.82, 2.24) is 0 Å². The lowest BCUT2D eigenvalue weighted by atomic mass is 10.0. The largest absolute Gasteiger partial charge is 0.388 e. The highest BCUT2D eigenvalue weighted by Crippen LogP contribution is 2.22. The van der Waals surface area contributed by atoms with E-state index in [4.69, 9.17) is 0 Å². The van der Waals surface area contributed by atoms with Crippen molar-refractivity contribution in [2.75, 3.05) is 11.5 Å². The summed E-state index contributed by atoms with van der Waals surface area (Å²) in [7, 11) is -3.02. The summed E-state index contributed by atoms with van der Waals surface area (Å²) in [6, 6.07) is 4.63. The van der Waals surface area contributed by atoms with Crippen LogP contribution in [-0.4, -0.2) is 25.0 Å². The number of halogens is 1. The van der Waals surface area contributed by atoms with Crippen LogP contribution in [-0.2, 0) is 9.84 Å². The molecule has 3 nitrogen and oxygen atoms in total. The van der Waals surface area contributed by atoms with Gasteiger partial charge >= 0.3 is 0 Å². The topological polar surface area (TPSA) is 54.4 Å². The summed E-state index contributed by atoms with van der Waals surface area (Å²) < 4.78 is 36.1. The van der Waals surface area contributed by atoms with Crippen molar-refractivity contribution in [3.05, 3.63) is 35.1 Å². The molecule has 0 heterocycles. The van der Waals surface area contributed by atoms with Crippen LogP contribution in [0.2, 0.25) is 0 Å². The van der Waals surface area contributed by atoms with Gasteiger partial charge in [-0.15, -0.1) is 0 Å². The lowest BCUT2D eigenvalue weighted by Gasteiger charge is -2.12. The Morgan fingerprint density at radius 1 is 1.39 bits per heavy atom. The summed E-state index contributed by atoms with van der Waals surface area (Å²) in [6.07, 6.45) is -0.359. The molecule has 1 aromatic carbocycles. The fourth-order valence-corrected chi connectivity index (χ4v) is 2.59. The lowest BCUT2D eigenvalue weighted by Crippen LogP contribution is -2.10. The SMILES string of the molecule is CCS(=O)(=O)CCCC(O)c1ccc(C)cc1F. The van der Waals surface area contributed by atoms with E-state index in [0.29, 0.717) is 6.42 Å². The smallest absolute Gasteiger partial charge is 0.150 e. The number of sulfone groups is 1. The molecule has 0 fully saturated rings. The predicted molar refractivity (Wildman–Crippen MR) is 69.7 cm³/mol. The third-order valence-electron chi connectivity index (χ3n) is 2.89. The van der Waals surface area contributed by atoms with E-state index in [9.17, 15) is 17.9 Å². The Kier molecular flexibility index (Phi) is 5.28. The van der Waals surface area contributed by atoms with E-state index in [1.165, 1.54) is 6.07 Å². The molecule has 0 aliphatic carbocycles. The van der Waals surface area contributed by atoms with E-state index in [0.717, 1.165) is 5.56 Å². The molecule has 0 spiro atoms. The minimum absolute atomic E-state index is 0.0358. The Bertz CT molecular complexity index is 497. The summed E-state index contributed by atoms with van der Waals surface area (Å²) in [5.41, 5.74) is 1.02. The normalized spacial score (nSPS) is 13.6. The van der Waals surface area contributed by atoms with Gasteiger partial charge in [-0.05, 0) is 31.4 Å². The first-order valence-corrected chi connectivity index (χ1v) is 7.82. The predicted octanol–water partition coefficient (Wildman–Crippen LogP) is 2.38. The Morgan fingerprint density at radius 3 is 2.61 bits per heavy atom. The molecule has 0 amide bonds. The molecule has 1 atom stereocenters. The molecule has 1 N–H and O–H groups in total. The highest BCUT2D eigenvalue weighted by atomic mass is 32.2. The van der Waals surface area contributed by atoms with Gasteiger partial charge in [0.2, 0.25) is 0 Å². The molecule has 5 heteroatoms. The number of rotatable bonds is 6. The molecule has 0 saturated heterocycles. The van der Waals surface area contributed by atoms with Crippen molar-refractivity contribution in [1.29, 1.82) is 0 Å². The molecule has 1 rings (SSSR count). The summed E-state index contributed by atoms with van der Waals surface area (Å²) in [5, 5.41) is 9.83. The zero-order chi connectivity index (χ0) is 13.8. The van der Waals surface area contributed by atoms with Gasteiger partial charge in [-0.25, -0.2) is 12.8 Å². The van der Waals surface area contributed by atoms with Crippen molar-refractivity contribution >= 4 is 9.84 Å². The van der Waals surface area contributed by atoms with Gasteiger partial charge in [0.05, 0.1) is 11.9 Å². The number of hydrogen-bond acceptors (Lipinski definition) is 3. The van der Waals surface area contributed by atoms with Gasteiger partial charge in [-0.2, -0.15) is 0 Å². The second-order valence-corrected chi connectivity index (χ2v) is 6.89. The minimum Gasteiger partial charge on any atom is -0.388 e. The fourth-order valence-electron chi connectivity index (χ4n) is 1.70. The maximum absolute atomic E-state index is 13.6. The van der Waals surface area contributed by atoms with Crippen molar-refractivity contribution in [3.63, 3.8) is 0 Å². The Hall–Kier alpha value is -0.940. The standard InChI is InChI=1S/C13H19FO3S/c1-3-18(16,17)8-4-5-13(15)11-7-6-10(2)9-12(11)14/h6-7,9,13,15H,3-5,8H2,1-2H3. The molecule has 0 saturated carbocycles. The van der Waals surface area contributed by atoms with Gasteiger partial charge in [0.1, 0.15) is 15.7 Å².